The highest BCUT2D eigenvalue weighted by Crippen LogP contribution is 2.19. The van der Waals surface area contributed by atoms with Crippen molar-refractivity contribution < 1.29 is 4.74 Å². The van der Waals surface area contributed by atoms with E-state index < -0.39 is 0 Å². The Labute approximate surface area is 120 Å². The molecule has 0 saturated carbocycles. The van der Waals surface area contributed by atoms with Crippen LogP contribution in [0.15, 0.2) is 47.3 Å². The first-order valence-corrected chi connectivity index (χ1v) is 6.56. The number of aromatic amines is 1. The van der Waals surface area contributed by atoms with Crippen molar-refractivity contribution in [3.8, 4) is 5.75 Å². The number of rotatable bonds is 3. The van der Waals surface area contributed by atoms with Crippen molar-refractivity contribution in [2.24, 2.45) is 0 Å². The maximum absolute atomic E-state index is 12.1. The summed E-state index contributed by atoms with van der Waals surface area (Å²) in [6.45, 7) is 0.465. The number of hydrogen-bond acceptors (Lipinski definition) is 2. The molecule has 1 heterocycles. The first-order valence-electron chi connectivity index (χ1n) is 6.18. The van der Waals surface area contributed by atoms with E-state index in [-0.39, 0.29) is 5.69 Å². The Kier molecular flexibility index (Phi) is 3.24. The molecule has 3 rings (SSSR count). The summed E-state index contributed by atoms with van der Waals surface area (Å²) < 4.78 is 6.88. The number of hydrogen-bond donors (Lipinski definition) is 1. The van der Waals surface area contributed by atoms with Gasteiger partial charge in [-0.3, -0.25) is 4.57 Å². The Morgan fingerprint density at radius 3 is 2.85 bits per heavy atom. The zero-order chi connectivity index (χ0) is 14.1. The standard InChI is InChI=1S/C15H13ClN2O2/c1-20-12-5-6-13-14(8-12)18(15(19)17-13)9-10-3-2-4-11(16)7-10/h2-8H,9H2,1H3,(H,17,19). The van der Waals surface area contributed by atoms with Crippen molar-refractivity contribution in [2.75, 3.05) is 7.11 Å². The molecule has 1 N–H and O–H groups in total. The van der Waals surface area contributed by atoms with Gasteiger partial charge in [-0.15, -0.1) is 0 Å². The first-order chi connectivity index (χ1) is 9.67. The maximum atomic E-state index is 12.1. The molecule has 102 valence electrons. The predicted octanol–water partition coefficient (Wildman–Crippen LogP) is 3.04. The van der Waals surface area contributed by atoms with Crippen LogP contribution in [0, 0.1) is 0 Å². The van der Waals surface area contributed by atoms with Crippen LogP contribution in [-0.2, 0) is 6.54 Å². The van der Waals surface area contributed by atoms with Gasteiger partial charge in [0, 0.05) is 11.1 Å². The largest absolute Gasteiger partial charge is 0.497 e. The summed E-state index contributed by atoms with van der Waals surface area (Å²) in [6, 6.07) is 13.0. The fourth-order valence-corrected chi connectivity index (χ4v) is 2.45. The van der Waals surface area contributed by atoms with E-state index in [1.54, 1.807) is 11.7 Å². The Bertz CT molecular complexity index is 820. The van der Waals surface area contributed by atoms with Crippen LogP contribution in [0.1, 0.15) is 5.56 Å². The molecule has 0 fully saturated rings. The van der Waals surface area contributed by atoms with Crippen molar-refractivity contribution >= 4 is 22.6 Å². The maximum Gasteiger partial charge on any atom is 0.326 e. The van der Waals surface area contributed by atoms with E-state index in [1.165, 1.54) is 0 Å². The predicted molar refractivity (Wildman–Crippen MR) is 79.7 cm³/mol. The molecule has 0 aliphatic rings. The Hall–Kier alpha value is -2.20. The van der Waals surface area contributed by atoms with E-state index >= 15 is 0 Å². The highest BCUT2D eigenvalue weighted by molar-refractivity contribution is 6.30. The van der Waals surface area contributed by atoms with Gasteiger partial charge in [-0.25, -0.2) is 4.79 Å². The van der Waals surface area contributed by atoms with Gasteiger partial charge in [-0.2, -0.15) is 0 Å². The van der Waals surface area contributed by atoms with E-state index in [1.807, 2.05) is 42.5 Å². The number of fused-ring (bicyclic) bond motifs is 1. The molecule has 1 aromatic heterocycles. The summed E-state index contributed by atoms with van der Waals surface area (Å²) in [6.07, 6.45) is 0. The van der Waals surface area contributed by atoms with E-state index in [4.69, 9.17) is 16.3 Å². The van der Waals surface area contributed by atoms with Crippen molar-refractivity contribution in [3.05, 3.63) is 63.5 Å². The highest BCUT2D eigenvalue weighted by Gasteiger charge is 2.08. The van der Waals surface area contributed by atoms with Crippen molar-refractivity contribution in [2.45, 2.75) is 6.54 Å². The lowest BCUT2D eigenvalue weighted by molar-refractivity contribution is 0.415. The molecule has 0 saturated heterocycles. The molecule has 0 spiro atoms. The van der Waals surface area contributed by atoms with Crippen LogP contribution in [0.5, 0.6) is 5.75 Å². The van der Waals surface area contributed by atoms with E-state index in [0.29, 0.717) is 11.6 Å². The lowest BCUT2D eigenvalue weighted by atomic mass is 10.2. The lowest BCUT2D eigenvalue weighted by Gasteiger charge is -2.05. The van der Waals surface area contributed by atoms with Gasteiger partial charge >= 0.3 is 5.69 Å². The van der Waals surface area contributed by atoms with Gasteiger partial charge in [0.25, 0.3) is 0 Å². The first kappa shape index (κ1) is 12.8. The monoisotopic (exact) mass is 288 g/mol. The molecule has 0 bridgehead atoms. The number of methoxy groups -OCH3 is 1. The second-order valence-corrected chi connectivity index (χ2v) is 4.97. The minimum absolute atomic E-state index is 0.145. The molecule has 3 aromatic rings. The number of nitrogens with zero attached hydrogens (tertiary/aromatic N) is 1. The minimum atomic E-state index is -0.145. The molecule has 0 radical (unpaired) electrons. The third-order valence-corrected chi connectivity index (χ3v) is 3.45. The van der Waals surface area contributed by atoms with Crippen LogP contribution in [0.4, 0.5) is 0 Å². The average molecular weight is 289 g/mol. The van der Waals surface area contributed by atoms with Crippen LogP contribution in [0.2, 0.25) is 5.02 Å². The summed E-state index contributed by atoms with van der Waals surface area (Å²) in [5, 5.41) is 0.660. The number of benzene rings is 2. The van der Waals surface area contributed by atoms with Gasteiger partial charge < -0.3 is 9.72 Å². The summed E-state index contributed by atoms with van der Waals surface area (Å²) in [5.74, 6) is 0.719. The fourth-order valence-electron chi connectivity index (χ4n) is 2.23. The summed E-state index contributed by atoms with van der Waals surface area (Å²) >= 11 is 5.98. The van der Waals surface area contributed by atoms with Crippen LogP contribution < -0.4 is 10.4 Å². The number of imidazole rings is 1. The molecule has 0 amide bonds. The molecule has 20 heavy (non-hydrogen) atoms. The van der Waals surface area contributed by atoms with E-state index in [2.05, 4.69) is 4.98 Å². The van der Waals surface area contributed by atoms with Crippen LogP contribution >= 0.6 is 11.6 Å². The Morgan fingerprint density at radius 2 is 2.10 bits per heavy atom. The summed E-state index contributed by atoms with van der Waals surface area (Å²) in [7, 11) is 1.60. The van der Waals surface area contributed by atoms with E-state index in [9.17, 15) is 4.79 Å². The van der Waals surface area contributed by atoms with Crippen LogP contribution in [0.25, 0.3) is 11.0 Å². The third-order valence-electron chi connectivity index (χ3n) is 3.21. The minimum Gasteiger partial charge on any atom is -0.497 e. The van der Waals surface area contributed by atoms with Crippen LogP contribution in [-0.4, -0.2) is 16.7 Å². The molecule has 0 unspecified atom stereocenters. The number of halogens is 1. The quantitative estimate of drug-likeness (QED) is 0.805. The topological polar surface area (TPSA) is 47.0 Å². The Morgan fingerprint density at radius 1 is 1.25 bits per heavy atom. The molecule has 2 aromatic carbocycles. The molecule has 0 aliphatic heterocycles. The second-order valence-electron chi connectivity index (χ2n) is 4.53. The zero-order valence-electron chi connectivity index (χ0n) is 10.9. The smallest absolute Gasteiger partial charge is 0.326 e. The van der Waals surface area contributed by atoms with Gasteiger partial charge in [0.05, 0.1) is 24.7 Å². The van der Waals surface area contributed by atoms with Gasteiger partial charge in [0.1, 0.15) is 5.75 Å². The second kappa shape index (κ2) is 5.06. The molecule has 0 atom stereocenters. The normalized spacial score (nSPS) is 10.9. The molecule has 5 heteroatoms. The number of ether oxygens (including phenoxy) is 1. The lowest BCUT2D eigenvalue weighted by Crippen LogP contribution is -2.17. The molecule has 4 nitrogen and oxygen atoms in total. The van der Waals surface area contributed by atoms with E-state index in [0.717, 1.165) is 22.3 Å². The summed E-state index contributed by atoms with van der Waals surface area (Å²) in [4.78, 5) is 14.9. The highest BCUT2D eigenvalue weighted by atomic mass is 35.5. The number of H-pyrrole nitrogens is 1. The fraction of sp³-hybridized carbons (Fsp3) is 0.133. The van der Waals surface area contributed by atoms with Gasteiger partial charge in [0.2, 0.25) is 0 Å². The SMILES string of the molecule is COc1ccc2[nH]c(=O)n(Cc3cccc(Cl)c3)c2c1. The molecular weight excluding hydrogens is 276 g/mol. The zero-order valence-corrected chi connectivity index (χ0v) is 11.6. The Balaban J connectivity index is 2.10. The summed E-state index contributed by atoms with van der Waals surface area (Å²) in [5.41, 5.74) is 2.43. The molecular formula is C15H13ClN2O2. The average Bonchev–Trinajstić information content (AvgIpc) is 2.74. The van der Waals surface area contributed by atoms with Gasteiger partial charge in [-0.05, 0) is 29.8 Å². The number of nitrogens with one attached hydrogen (secondary N) is 1. The van der Waals surface area contributed by atoms with Crippen LogP contribution in [0.3, 0.4) is 0 Å². The number of aromatic nitrogens is 2. The molecule has 0 aliphatic carbocycles. The van der Waals surface area contributed by atoms with Crippen molar-refractivity contribution in [1.82, 2.24) is 9.55 Å². The third kappa shape index (κ3) is 2.30. The van der Waals surface area contributed by atoms with Crippen molar-refractivity contribution in [3.63, 3.8) is 0 Å². The van der Waals surface area contributed by atoms with Crippen molar-refractivity contribution in [1.29, 1.82) is 0 Å². The van der Waals surface area contributed by atoms with Gasteiger partial charge in [0.15, 0.2) is 0 Å². The van der Waals surface area contributed by atoms with Gasteiger partial charge in [-0.1, -0.05) is 23.7 Å².